The molecule has 6 aromatic rings. The van der Waals surface area contributed by atoms with Gasteiger partial charge in [-0.2, -0.15) is 0 Å². The summed E-state index contributed by atoms with van der Waals surface area (Å²) in [6, 6.07) is 31.9. The van der Waals surface area contributed by atoms with Crippen LogP contribution in [-0.2, 0) is 0 Å². The zero-order chi connectivity index (χ0) is 23.5. The van der Waals surface area contributed by atoms with Gasteiger partial charge in [-0.3, -0.25) is 9.59 Å². The van der Waals surface area contributed by atoms with Crippen LogP contribution >= 0.6 is 0 Å². The van der Waals surface area contributed by atoms with Crippen LogP contribution in [-0.4, -0.2) is 11.8 Å². The molecule has 1 aliphatic heterocycles. The van der Waals surface area contributed by atoms with E-state index in [0.717, 1.165) is 21.5 Å². The normalized spacial score (nSPS) is 13.2. The molecule has 35 heavy (non-hydrogen) atoms. The van der Waals surface area contributed by atoms with Crippen molar-refractivity contribution in [3.63, 3.8) is 0 Å². The highest BCUT2D eigenvalue weighted by atomic mass is 16.4. The number of nitrogens with zero attached hydrogens (tertiary/aromatic N) is 1. The molecule has 0 bridgehead atoms. The van der Waals surface area contributed by atoms with Gasteiger partial charge in [-0.25, -0.2) is 4.90 Å². The molecular formula is C30H17NO4. The van der Waals surface area contributed by atoms with Crippen molar-refractivity contribution in [3.05, 3.63) is 114 Å². The molecule has 0 spiro atoms. The van der Waals surface area contributed by atoms with E-state index in [-0.39, 0.29) is 22.9 Å². The number of hydrogen-bond donors (Lipinski definition) is 0. The van der Waals surface area contributed by atoms with E-state index >= 15 is 0 Å². The lowest BCUT2D eigenvalue weighted by atomic mass is 10.1. The lowest BCUT2D eigenvalue weighted by molar-refractivity contribution is 0.0926. The second kappa shape index (κ2) is 7.30. The van der Waals surface area contributed by atoms with Gasteiger partial charge in [0.1, 0.15) is 11.2 Å². The van der Waals surface area contributed by atoms with E-state index in [9.17, 15) is 9.59 Å². The van der Waals surface area contributed by atoms with Gasteiger partial charge in [0.15, 0.2) is 11.2 Å². The van der Waals surface area contributed by atoms with Crippen molar-refractivity contribution >= 4 is 61.4 Å². The van der Waals surface area contributed by atoms with Gasteiger partial charge in [0.25, 0.3) is 11.8 Å². The van der Waals surface area contributed by atoms with Crippen LogP contribution in [0, 0.1) is 0 Å². The van der Waals surface area contributed by atoms with Crippen molar-refractivity contribution in [1.82, 2.24) is 0 Å². The highest BCUT2D eigenvalue weighted by molar-refractivity contribution is 6.36. The van der Waals surface area contributed by atoms with E-state index < -0.39 is 0 Å². The molecule has 0 N–H and O–H groups in total. The summed E-state index contributed by atoms with van der Waals surface area (Å²) in [5.41, 5.74) is 3.19. The summed E-state index contributed by atoms with van der Waals surface area (Å²) in [6.45, 7) is 0. The minimum atomic E-state index is -0.386. The summed E-state index contributed by atoms with van der Waals surface area (Å²) in [5.74, 6) is -0.771. The molecule has 0 saturated heterocycles. The SMILES string of the molecule is O=C1c2cc3oc4ccccc4c4ccccc4oc3cc2C(=O)N1c1cccc2ccccc12. The number of carbonyl (C=O) groups excluding carboxylic acids is 2. The minimum absolute atomic E-state index is 0.289. The maximum absolute atomic E-state index is 13.5. The lowest BCUT2D eigenvalue weighted by Gasteiger charge is -2.16. The molecule has 5 nitrogen and oxygen atoms in total. The number of benzene rings is 5. The number of hydrogen-bond acceptors (Lipinski definition) is 4. The second-order valence-corrected chi connectivity index (χ2v) is 8.48. The highest BCUT2D eigenvalue weighted by Gasteiger charge is 2.38. The number of para-hydroxylation sites is 2. The van der Waals surface area contributed by atoms with E-state index in [1.54, 1.807) is 18.2 Å². The van der Waals surface area contributed by atoms with Gasteiger partial charge in [-0.05, 0) is 35.7 Å². The van der Waals surface area contributed by atoms with Crippen LogP contribution in [0.1, 0.15) is 20.7 Å². The zero-order valence-corrected chi connectivity index (χ0v) is 18.4. The predicted octanol–water partition coefficient (Wildman–Crippen LogP) is 7.41. The van der Waals surface area contributed by atoms with Gasteiger partial charge in [0.05, 0.1) is 16.8 Å². The molecule has 0 fully saturated rings. The largest absolute Gasteiger partial charge is 0.453 e. The van der Waals surface area contributed by atoms with Gasteiger partial charge in [-0.1, -0.05) is 72.8 Å². The van der Waals surface area contributed by atoms with Gasteiger partial charge in [-0.15, -0.1) is 0 Å². The number of amides is 2. The van der Waals surface area contributed by atoms with Crippen molar-refractivity contribution in [2.75, 3.05) is 4.90 Å². The molecular weight excluding hydrogens is 438 g/mol. The van der Waals surface area contributed by atoms with Crippen LogP contribution in [0.25, 0.3) is 43.9 Å². The Kier molecular flexibility index (Phi) is 4.08. The van der Waals surface area contributed by atoms with Crippen LogP contribution in [0.2, 0.25) is 0 Å². The van der Waals surface area contributed by atoms with Gasteiger partial charge in [0, 0.05) is 16.2 Å². The smallest absolute Gasteiger partial charge is 0.266 e. The maximum Gasteiger partial charge on any atom is 0.266 e. The van der Waals surface area contributed by atoms with Crippen LogP contribution in [0.5, 0.6) is 0 Å². The number of rotatable bonds is 1. The average Bonchev–Trinajstić information content (AvgIpc) is 3.12. The molecule has 7 rings (SSSR count). The van der Waals surface area contributed by atoms with Crippen molar-refractivity contribution in [2.45, 2.75) is 0 Å². The van der Waals surface area contributed by atoms with Gasteiger partial charge in [0.2, 0.25) is 0 Å². The van der Waals surface area contributed by atoms with E-state index in [2.05, 4.69) is 0 Å². The maximum atomic E-state index is 13.5. The Morgan fingerprint density at radius 3 is 1.57 bits per heavy atom. The summed E-state index contributed by atoms with van der Waals surface area (Å²) in [7, 11) is 0. The Hall–Kier alpha value is -4.90. The van der Waals surface area contributed by atoms with Crippen molar-refractivity contribution in [2.24, 2.45) is 0 Å². The number of imide groups is 1. The van der Waals surface area contributed by atoms with E-state index in [4.69, 9.17) is 8.83 Å². The van der Waals surface area contributed by atoms with Crippen LogP contribution in [0.3, 0.4) is 0 Å². The first-order valence-corrected chi connectivity index (χ1v) is 11.3. The Balaban J connectivity index is 1.51. The molecule has 0 aliphatic carbocycles. The summed E-state index contributed by atoms with van der Waals surface area (Å²) >= 11 is 0. The topological polar surface area (TPSA) is 63.7 Å². The Labute approximate surface area is 199 Å². The number of fused-ring (bicyclic) bond motifs is 6. The van der Waals surface area contributed by atoms with E-state index in [0.29, 0.717) is 28.0 Å². The Morgan fingerprint density at radius 1 is 0.486 bits per heavy atom. The third-order valence-electron chi connectivity index (χ3n) is 6.46. The van der Waals surface area contributed by atoms with Gasteiger partial charge < -0.3 is 8.83 Å². The zero-order valence-electron chi connectivity index (χ0n) is 18.4. The fourth-order valence-electron chi connectivity index (χ4n) is 4.82. The molecule has 0 atom stereocenters. The molecule has 2 amide bonds. The molecule has 1 aromatic heterocycles. The Bertz CT molecular complexity index is 1800. The predicted molar refractivity (Wildman–Crippen MR) is 136 cm³/mol. The summed E-state index contributed by atoms with van der Waals surface area (Å²) in [6.07, 6.45) is 0. The van der Waals surface area contributed by atoms with Crippen LogP contribution in [0.15, 0.2) is 112 Å². The second-order valence-electron chi connectivity index (χ2n) is 8.48. The third-order valence-corrected chi connectivity index (χ3v) is 6.46. The van der Waals surface area contributed by atoms with E-state index in [1.165, 1.54) is 4.90 Å². The molecule has 166 valence electrons. The molecule has 0 unspecified atom stereocenters. The van der Waals surface area contributed by atoms with Crippen LogP contribution < -0.4 is 4.90 Å². The Morgan fingerprint density at radius 2 is 0.971 bits per heavy atom. The first-order valence-electron chi connectivity index (χ1n) is 11.3. The molecule has 0 radical (unpaired) electrons. The molecule has 0 saturated carbocycles. The van der Waals surface area contributed by atoms with Crippen molar-refractivity contribution in [3.8, 4) is 0 Å². The lowest BCUT2D eigenvalue weighted by Crippen LogP contribution is -2.29. The first kappa shape index (κ1) is 19.6. The minimum Gasteiger partial charge on any atom is -0.453 e. The highest BCUT2D eigenvalue weighted by Crippen LogP contribution is 2.36. The molecule has 5 heteroatoms. The summed E-state index contributed by atoms with van der Waals surface area (Å²) < 4.78 is 12.5. The molecule has 5 aromatic carbocycles. The van der Waals surface area contributed by atoms with Crippen molar-refractivity contribution < 1.29 is 18.4 Å². The van der Waals surface area contributed by atoms with Gasteiger partial charge >= 0.3 is 0 Å². The fourth-order valence-corrected chi connectivity index (χ4v) is 4.82. The average molecular weight is 455 g/mol. The standard InChI is InChI=1S/C30H17NO4/c32-29-22-16-27-28(35-26-15-6-4-12-21(26)20-11-3-5-14-25(20)34-27)17-23(22)30(33)31(29)24-13-7-9-18-8-1-2-10-19(18)24/h1-17H. The van der Waals surface area contributed by atoms with Crippen LogP contribution in [0.4, 0.5) is 5.69 Å². The first-order chi connectivity index (χ1) is 17.2. The van der Waals surface area contributed by atoms with Crippen molar-refractivity contribution in [1.29, 1.82) is 0 Å². The number of anilines is 1. The summed E-state index contributed by atoms with van der Waals surface area (Å²) in [5, 5.41) is 3.55. The quantitative estimate of drug-likeness (QED) is 0.242. The molecule has 2 heterocycles. The molecule has 1 aliphatic rings. The van der Waals surface area contributed by atoms with E-state index in [1.807, 2.05) is 84.9 Å². The number of carbonyl (C=O) groups is 2. The monoisotopic (exact) mass is 455 g/mol. The summed E-state index contributed by atoms with van der Waals surface area (Å²) in [4.78, 5) is 28.3. The fraction of sp³-hybridized carbons (Fsp3) is 0. The third kappa shape index (κ3) is 2.88.